The second kappa shape index (κ2) is 6.08. The first kappa shape index (κ1) is 16.0. The van der Waals surface area contributed by atoms with Crippen LogP contribution >= 0.6 is 11.6 Å². The van der Waals surface area contributed by atoms with E-state index in [2.05, 4.69) is 22.5 Å². The average Bonchev–Trinajstić information content (AvgIpc) is 3.00. The molecule has 2 atom stereocenters. The molecule has 0 saturated heterocycles. The Kier molecular flexibility index (Phi) is 3.88. The fraction of sp³-hybridized carbons (Fsp3) is 0.263. The summed E-state index contributed by atoms with van der Waals surface area (Å²) < 4.78 is 1.63. The van der Waals surface area contributed by atoms with Gasteiger partial charge >= 0.3 is 0 Å². The molecule has 128 valence electrons. The average molecular weight is 355 g/mol. The van der Waals surface area contributed by atoms with Crippen LogP contribution in [0.25, 0.3) is 11.0 Å². The lowest BCUT2D eigenvalue weighted by Gasteiger charge is -2.33. The summed E-state index contributed by atoms with van der Waals surface area (Å²) in [4.78, 5) is 16.4. The second-order valence-electron chi connectivity index (χ2n) is 6.51. The van der Waals surface area contributed by atoms with E-state index in [1.165, 1.54) is 0 Å². The van der Waals surface area contributed by atoms with E-state index in [1.807, 2.05) is 36.4 Å². The highest BCUT2D eigenvalue weighted by molar-refractivity contribution is 6.30. The van der Waals surface area contributed by atoms with Gasteiger partial charge in [0.1, 0.15) is 6.33 Å². The zero-order valence-electron chi connectivity index (χ0n) is 14.1. The minimum absolute atomic E-state index is 0.0419. The van der Waals surface area contributed by atoms with Gasteiger partial charge in [0.15, 0.2) is 0 Å². The highest BCUT2D eigenvalue weighted by Crippen LogP contribution is 2.39. The predicted octanol–water partition coefficient (Wildman–Crippen LogP) is 4.71. The molecule has 1 aromatic heterocycles. The van der Waals surface area contributed by atoms with Crippen LogP contribution in [-0.4, -0.2) is 21.5 Å². The third-order valence-electron chi connectivity index (χ3n) is 4.61. The van der Waals surface area contributed by atoms with E-state index in [4.69, 9.17) is 11.6 Å². The molecule has 0 saturated carbocycles. The van der Waals surface area contributed by atoms with E-state index in [-0.39, 0.29) is 11.9 Å². The number of hydrogen-bond acceptors (Lipinski definition) is 4. The molecule has 0 bridgehead atoms. The quantitative estimate of drug-likeness (QED) is 0.699. The molecule has 2 N–H and O–H groups in total. The summed E-state index contributed by atoms with van der Waals surface area (Å²) in [7, 11) is 0. The Bertz CT molecular complexity index is 948. The van der Waals surface area contributed by atoms with Gasteiger partial charge in [0.05, 0.1) is 17.1 Å². The monoisotopic (exact) mass is 354 g/mol. The smallest absolute Gasteiger partial charge is 0.229 e. The number of rotatable bonds is 2. The van der Waals surface area contributed by atoms with Crippen molar-refractivity contribution in [2.24, 2.45) is 0 Å². The Hall–Kier alpha value is -2.53. The van der Waals surface area contributed by atoms with Crippen LogP contribution in [0.3, 0.4) is 0 Å². The molecule has 0 radical (unpaired) electrons. The lowest BCUT2D eigenvalue weighted by Crippen LogP contribution is -2.29. The van der Waals surface area contributed by atoms with Crippen LogP contribution in [0.15, 0.2) is 42.7 Å². The van der Waals surface area contributed by atoms with Crippen LogP contribution in [0.5, 0.6) is 0 Å². The van der Waals surface area contributed by atoms with E-state index < -0.39 is 0 Å². The molecular formula is C19H19ClN4O. The topological polar surface area (TPSA) is 59.0 Å². The predicted molar refractivity (Wildman–Crippen MR) is 102 cm³/mol. The molecule has 1 aliphatic rings. The summed E-state index contributed by atoms with van der Waals surface area (Å²) >= 11 is 5.99. The Labute approximate surface area is 151 Å². The van der Waals surface area contributed by atoms with E-state index in [0.29, 0.717) is 11.1 Å². The van der Waals surface area contributed by atoms with Crippen LogP contribution in [0.4, 0.5) is 11.4 Å². The summed E-state index contributed by atoms with van der Waals surface area (Å²) in [5, 5.41) is 7.82. The normalized spacial score (nSPS) is 19.3. The number of nitrogens with zero attached hydrogens (tertiary/aromatic N) is 2. The molecule has 4 rings (SSSR count). The third-order valence-corrected chi connectivity index (χ3v) is 4.86. The molecule has 0 unspecified atom stereocenters. The molecule has 25 heavy (non-hydrogen) atoms. The Morgan fingerprint density at radius 1 is 1.28 bits per heavy atom. The summed E-state index contributed by atoms with van der Waals surface area (Å²) in [5.41, 5.74) is 4.82. The van der Waals surface area contributed by atoms with Crippen molar-refractivity contribution in [1.29, 1.82) is 0 Å². The van der Waals surface area contributed by atoms with Crippen molar-refractivity contribution in [2.75, 3.05) is 10.6 Å². The van der Waals surface area contributed by atoms with Crippen molar-refractivity contribution < 1.29 is 4.79 Å². The minimum atomic E-state index is -0.0419. The molecule has 1 aliphatic heterocycles. The SMILES string of the molecule is CC(=O)n1cnc2ccc3c(c21)[C@@H](Nc1ccc(Cl)cc1)C[C@@H](C)N3. The fourth-order valence-electron chi connectivity index (χ4n) is 3.52. The lowest BCUT2D eigenvalue weighted by atomic mass is 9.92. The number of hydrogen-bond donors (Lipinski definition) is 2. The van der Waals surface area contributed by atoms with Gasteiger partial charge in [-0.2, -0.15) is 0 Å². The third kappa shape index (κ3) is 2.85. The molecule has 0 fully saturated rings. The van der Waals surface area contributed by atoms with Gasteiger partial charge < -0.3 is 10.6 Å². The zero-order chi connectivity index (χ0) is 17.6. The number of benzene rings is 2. The number of anilines is 2. The molecule has 6 heteroatoms. The summed E-state index contributed by atoms with van der Waals surface area (Å²) in [6.07, 6.45) is 2.50. The number of carbonyl (C=O) groups is 1. The first-order valence-electron chi connectivity index (χ1n) is 8.32. The first-order chi connectivity index (χ1) is 12.0. The van der Waals surface area contributed by atoms with Gasteiger partial charge in [-0.05, 0) is 49.7 Å². The zero-order valence-corrected chi connectivity index (χ0v) is 14.8. The largest absolute Gasteiger partial charge is 0.382 e. The molecule has 2 heterocycles. The lowest BCUT2D eigenvalue weighted by molar-refractivity contribution is 0.0941. The van der Waals surface area contributed by atoms with Crippen molar-refractivity contribution in [3.05, 3.63) is 53.3 Å². The van der Waals surface area contributed by atoms with Crippen LogP contribution in [0.1, 0.15) is 36.7 Å². The van der Waals surface area contributed by atoms with Gasteiger partial charge in [0.2, 0.25) is 5.91 Å². The molecule has 0 aliphatic carbocycles. The van der Waals surface area contributed by atoms with Crippen LogP contribution in [-0.2, 0) is 0 Å². The first-order valence-corrected chi connectivity index (χ1v) is 8.70. The Balaban J connectivity index is 1.85. The maximum atomic E-state index is 12.0. The number of imidazole rings is 1. The van der Waals surface area contributed by atoms with Gasteiger partial charge in [0.25, 0.3) is 0 Å². The van der Waals surface area contributed by atoms with Crippen LogP contribution < -0.4 is 10.6 Å². The molecule has 3 aromatic rings. The second-order valence-corrected chi connectivity index (χ2v) is 6.95. The van der Waals surface area contributed by atoms with Crippen LogP contribution in [0.2, 0.25) is 5.02 Å². The fourth-order valence-corrected chi connectivity index (χ4v) is 3.65. The number of fused-ring (bicyclic) bond motifs is 3. The number of halogens is 1. The number of carbonyl (C=O) groups excluding carboxylic acids is 1. The summed E-state index contributed by atoms with van der Waals surface area (Å²) in [5.74, 6) is -0.0419. The number of nitrogens with one attached hydrogen (secondary N) is 2. The van der Waals surface area contributed by atoms with Crippen LogP contribution in [0, 0.1) is 0 Å². The minimum Gasteiger partial charge on any atom is -0.382 e. The maximum Gasteiger partial charge on any atom is 0.229 e. The summed E-state index contributed by atoms with van der Waals surface area (Å²) in [6.45, 7) is 3.72. The van der Waals surface area contributed by atoms with E-state index in [1.54, 1.807) is 17.8 Å². The molecular weight excluding hydrogens is 336 g/mol. The van der Waals surface area contributed by atoms with Crippen molar-refractivity contribution in [1.82, 2.24) is 9.55 Å². The maximum absolute atomic E-state index is 12.0. The van der Waals surface area contributed by atoms with Gasteiger partial charge in [0, 0.05) is 34.9 Å². The van der Waals surface area contributed by atoms with Gasteiger partial charge in [-0.15, -0.1) is 0 Å². The van der Waals surface area contributed by atoms with Crippen molar-refractivity contribution in [3.8, 4) is 0 Å². The highest BCUT2D eigenvalue weighted by atomic mass is 35.5. The molecule has 0 amide bonds. The summed E-state index contributed by atoms with van der Waals surface area (Å²) in [6, 6.07) is 12.1. The standard InChI is InChI=1S/C19H19ClN4O/c1-11-9-17(23-14-5-3-13(20)4-6-14)18-15(22-11)7-8-16-19(18)24(10-21-16)12(2)25/h3-8,10-11,17,22-23H,9H2,1-2H3/t11-,17+/m1/s1. The molecule has 5 nitrogen and oxygen atoms in total. The van der Waals surface area contributed by atoms with Gasteiger partial charge in [-0.25, -0.2) is 4.98 Å². The highest BCUT2D eigenvalue weighted by Gasteiger charge is 2.28. The number of aromatic nitrogens is 2. The Morgan fingerprint density at radius 3 is 2.76 bits per heavy atom. The molecule has 2 aromatic carbocycles. The van der Waals surface area contributed by atoms with Crippen molar-refractivity contribution >= 4 is 39.9 Å². The van der Waals surface area contributed by atoms with Gasteiger partial charge in [-0.3, -0.25) is 9.36 Å². The molecule has 0 spiro atoms. The van der Waals surface area contributed by atoms with Gasteiger partial charge in [-0.1, -0.05) is 11.6 Å². The van der Waals surface area contributed by atoms with Crippen molar-refractivity contribution in [3.63, 3.8) is 0 Å². The van der Waals surface area contributed by atoms with E-state index in [9.17, 15) is 4.79 Å². The van der Waals surface area contributed by atoms with Crippen molar-refractivity contribution in [2.45, 2.75) is 32.4 Å². The van der Waals surface area contributed by atoms with E-state index >= 15 is 0 Å². The Morgan fingerprint density at radius 2 is 2.04 bits per heavy atom. The van der Waals surface area contributed by atoms with E-state index in [0.717, 1.165) is 34.4 Å².